The van der Waals surface area contributed by atoms with E-state index in [-0.39, 0.29) is 18.4 Å². The number of piperidine rings is 1. The van der Waals surface area contributed by atoms with Crippen molar-refractivity contribution in [3.05, 3.63) is 0 Å². The minimum Gasteiger partial charge on any atom is -0.340 e. The maximum atomic E-state index is 11.4. The van der Waals surface area contributed by atoms with Gasteiger partial charge in [0.25, 0.3) is 0 Å². The van der Waals surface area contributed by atoms with Crippen molar-refractivity contribution in [3.63, 3.8) is 0 Å². The summed E-state index contributed by atoms with van der Waals surface area (Å²) in [6, 6.07) is 0.116. The van der Waals surface area contributed by atoms with Gasteiger partial charge in [0.05, 0.1) is 6.42 Å². The van der Waals surface area contributed by atoms with Crippen LogP contribution in [0.4, 0.5) is 0 Å². The van der Waals surface area contributed by atoms with Gasteiger partial charge in [-0.3, -0.25) is 4.79 Å². The molecule has 1 aliphatic rings. The Kier molecular flexibility index (Phi) is 3.32. The van der Waals surface area contributed by atoms with E-state index in [1.165, 1.54) is 0 Å². The van der Waals surface area contributed by atoms with Gasteiger partial charge in [-0.2, -0.15) is 0 Å². The lowest BCUT2D eigenvalue weighted by Crippen LogP contribution is -2.48. The smallest absolute Gasteiger partial charge is 0.234 e. The third kappa shape index (κ3) is 2.74. The van der Waals surface area contributed by atoms with E-state index in [4.69, 9.17) is 12.2 Å². The first kappa shape index (κ1) is 10.1. The molecule has 1 aliphatic heterocycles. The first-order valence-corrected chi connectivity index (χ1v) is 4.60. The molecule has 0 aliphatic carbocycles. The van der Waals surface area contributed by atoms with E-state index >= 15 is 0 Å². The van der Waals surface area contributed by atoms with Crippen molar-refractivity contribution >= 4 is 5.91 Å². The molecule has 0 spiro atoms. The molecule has 72 valence electrons. The van der Waals surface area contributed by atoms with Gasteiger partial charge < -0.3 is 10.6 Å². The number of carbonyl (C=O) groups is 1. The highest BCUT2D eigenvalue weighted by Gasteiger charge is 2.24. The van der Waals surface area contributed by atoms with Gasteiger partial charge in [-0.15, -0.1) is 6.42 Å². The van der Waals surface area contributed by atoms with Gasteiger partial charge in [0, 0.05) is 19.1 Å². The number of rotatable bonds is 1. The molecule has 1 fully saturated rings. The maximum Gasteiger partial charge on any atom is 0.234 e. The molecular weight excluding hydrogens is 164 g/mol. The minimum absolute atomic E-state index is 0.0319. The van der Waals surface area contributed by atoms with Crippen LogP contribution in [0.5, 0.6) is 0 Å². The van der Waals surface area contributed by atoms with Crippen molar-refractivity contribution in [1.29, 1.82) is 0 Å². The monoisotopic (exact) mass is 180 g/mol. The summed E-state index contributed by atoms with van der Waals surface area (Å²) in [4.78, 5) is 13.2. The largest absolute Gasteiger partial charge is 0.340 e. The van der Waals surface area contributed by atoms with Gasteiger partial charge >= 0.3 is 0 Å². The summed E-state index contributed by atoms with van der Waals surface area (Å²) in [7, 11) is 0. The second-order valence-electron chi connectivity index (χ2n) is 3.78. The molecule has 0 aromatic carbocycles. The summed E-state index contributed by atoms with van der Waals surface area (Å²) in [5.74, 6) is 2.89. The highest BCUT2D eigenvalue weighted by Crippen LogP contribution is 2.15. The van der Waals surface area contributed by atoms with Gasteiger partial charge in [-0.25, -0.2) is 0 Å². The van der Waals surface area contributed by atoms with E-state index < -0.39 is 0 Å². The van der Waals surface area contributed by atoms with E-state index in [9.17, 15) is 4.79 Å². The molecule has 0 bridgehead atoms. The summed E-state index contributed by atoms with van der Waals surface area (Å²) in [6.45, 7) is 3.56. The van der Waals surface area contributed by atoms with Gasteiger partial charge in [-0.05, 0) is 12.3 Å². The first-order valence-electron chi connectivity index (χ1n) is 4.60. The molecule has 1 amide bonds. The van der Waals surface area contributed by atoms with Crippen molar-refractivity contribution in [2.45, 2.75) is 25.8 Å². The van der Waals surface area contributed by atoms with Crippen LogP contribution in [0.15, 0.2) is 0 Å². The Bertz CT molecular complexity index is 222. The number of likely N-dealkylation sites (tertiary alicyclic amines) is 1. The van der Waals surface area contributed by atoms with Crippen LogP contribution in [0.1, 0.15) is 19.8 Å². The van der Waals surface area contributed by atoms with Crippen LogP contribution in [-0.4, -0.2) is 29.9 Å². The molecule has 3 heteroatoms. The SMILES string of the molecule is C#CCC(=O)N1CC(C)CC(N)C1. The maximum absolute atomic E-state index is 11.4. The van der Waals surface area contributed by atoms with Crippen molar-refractivity contribution in [3.8, 4) is 12.3 Å². The summed E-state index contributed by atoms with van der Waals surface area (Å²) < 4.78 is 0. The lowest BCUT2D eigenvalue weighted by molar-refractivity contribution is -0.132. The quantitative estimate of drug-likeness (QED) is 0.586. The van der Waals surface area contributed by atoms with Gasteiger partial charge in [0.1, 0.15) is 0 Å². The number of terminal acetylenes is 1. The van der Waals surface area contributed by atoms with Crippen LogP contribution in [0.2, 0.25) is 0 Å². The Balaban J connectivity index is 2.50. The van der Waals surface area contributed by atoms with E-state index in [1.807, 2.05) is 0 Å². The van der Waals surface area contributed by atoms with Crippen LogP contribution < -0.4 is 5.73 Å². The van der Waals surface area contributed by atoms with E-state index in [2.05, 4.69) is 12.8 Å². The van der Waals surface area contributed by atoms with Gasteiger partial charge in [0.2, 0.25) is 5.91 Å². The molecule has 2 atom stereocenters. The lowest BCUT2D eigenvalue weighted by Gasteiger charge is -2.34. The normalized spacial score (nSPS) is 28.2. The Morgan fingerprint density at radius 2 is 2.38 bits per heavy atom. The third-order valence-electron chi connectivity index (χ3n) is 2.30. The molecule has 0 saturated carbocycles. The summed E-state index contributed by atoms with van der Waals surface area (Å²) in [5, 5.41) is 0. The number of carbonyl (C=O) groups excluding carboxylic acids is 1. The summed E-state index contributed by atoms with van der Waals surface area (Å²) >= 11 is 0. The third-order valence-corrected chi connectivity index (χ3v) is 2.30. The predicted octanol–water partition coefficient (Wildman–Crippen LogP) is 0.205. The van der Waals surface area contributed by atoms with Crippen LogP contribution in [0.25, 0.3) is 0 Å². The standard InChI is InChI=1S/C10H16N2O/c1-3-4-10(13)12-6-8(2)5-9(11)7-12/h1,8-9H,4-7,11H2,2H3. The lowest BCUT2D eigenvalue weighted by atomic mass is 9.96. The zero-order valence-corrected chi connectivity index (χ0v) is 7.99. The molecular formula is C10H16N2O. The van der Waals surface area contributed by atoms with Crippen molar-refractivity contribution in [2.24, 2.45) is 11.7 Å². The molecule has 3 nitrogen and oxygen atoms in total. The number of nitrogens with zero attached hydrogens (tertiary/aromatic N) is 1. The van der Waals surface area contributed by atoms with E-state index in [1.54, 1.807) is 4.90 Å². The molecule has 0 radical (unpaired) electrons. The molecule has 2 unspecified atom stereocenters. The Hall–Kier alpha value is -1.01. The number of amides is 1. The van der Waals surface area contributed by atoms with Gasteiger partial charge in [-0.1, -0.05) is 12.8 Å². The topological polar surface area (TPSA) is 46.3 Å². The van der Waals surface area contributed by atoms with E-state index in [0.717, 1.165) is 13.0 Å². The van der Waals surface area contributed by atoms with Crippen LogP contribution in [-0.2, 0) is 4.79 Å². The summed E-state index contributed by atoms with van der Waals surface area (Å²) in [6.07, 6.45) is 6.27. The molecule has 2 N–H and O–H groups in total. The average Bonchev–Trinajstić information content (AvgIpc) is 2.03. The Labute approximate surface area is 79.3 Å². The van der Waals surface area contributed by atoms with Crippen molar-refractivity contribution < 1.29 is 4.79 Å². The number of hydrogen-bond acceptors (Lipinski definition) is 2. The highest BCUT2D eigenvalue weighted by atomic mass is 16.2. The van der Waals surface area contributed by atoms with Crippen molar-refractivity contribution in [1.82, 2.24) is 4.90 Å². The van der Waals surface area contributed by atoms with Crippen LogP contribution in [0, 0.1) is 18.3 Å². The summed E-state index contributed by atoms with van der Waals surface area (Å²) in [5.41, 5.74) is 5.80. The average molecular weight is 180 g/mol. The fourth-order valence-electron chi connectivity index (χ4n) is 1.80. The molecule has 13 heavy (non-hydrogen) atoms. The number of hydrogen-bond donors (Lipinski definition) is 1. The molecule has 1 rings (SSSR count). The zero-order valence-electron chi connectivity index (χ0n) is 7.99. The first-order chi connectivity index (χ1) is 6.13. The molecule has 0 aromatic heterocycles. The highest BCUT2D eigenvalue weighted by molar-refractivity contribution is 5.78. The molecule has 0 aromatic rings. The predicted molar refractivity (Wildman–Crippen MR) is 51.8 cm³/mol. The van der Waals surface area contributed by atoms with Crippen LogP contribution in [0.3, 0.4) is 0 Å². The second kappa shape index (κ2) is 4.29. The number of nitrogens with two attached hydrogens (primary N) is 1. The van der Waals surface area contributed by atoms with Crippen molar-refractivity contribution in [2.75, 3.05) is 13.1 Å². The molecule has 1 saturated heterocycles. The fraction of sp³-hybridized carbons (Fsp3) is 0.700. The second-order valence-corrected chi connectivity index (χ2v) is 3.78. The Morgan fingerprint density at radius 3 is 2.92 bits per heavy atom. The molecule has 1 heterocycles. The minimum atomic E-state index is 0.0319. The fourth-order valence-corrected chi connectivity index (χ4v) is 1.80. The van der Waals surface area contributed by atoms with Crippen LogP contribution >= 0.6 is 0 Å². The van der Waals surface area contributed by atoms with E-state index in [0.29, 0.717) is 12.5 Å². The Morgan fingerprint density at radius 1 is 1.69 bits per heavy atom. The van der Waals surface area contributed by atoms with Gasteiger partial charge in [0.15, 0.2) is 0 Å². The zero-order chi connectivity index (χ0) is 9.84.